The van der Waals surface area contributed by atoms with E-state index in [9.17, 15) is 0 Å². The number of rotatable bonds is 0. The second kappa shape index (κ2) is 81.7. The Morgan fingerprint density at radius 2 is 0.800 bits per heavy atom. The molecule has 0 spiro atoms. The average Bonchev–Trinajstić information content (AvgIpc) is 1.50. The summed E-state index contributed by atoms with van der Waals surface area (Å²) < 4.78 is 0. The zero-order chi connectivity index (χ0) is 4.00. The molecule has 0 N–H and O–H groups in total. The fourth-order valence-corrected chi connectivity index (χ4v) is 0. The molecule has 0 amide bonds. The fourth-order valence-electron chi connectivity index (χ4n) is 0. The van der Waals surface area contributed by atoms with Gasteiger partial charge in [-0.25, -0.2) is 0 Å². The Bertz CT molecular complexity index is 23.1. The topological polar surface area (TPSA) is 47.6 Å². The van der Waals surface area contributed by atoms with Gasteiger partial charge < -0.3 is 23.7 Å². The van der Waals surface area contributed by atoms with Gasteiger partial charge in [0.1, 0.15) is 0 Å². The van der Waals surface area contributed by atoms with Gasteiger partial charge in [0.25, 0.3) is 0 Å². The van der Waals surface area contributed by atoms with Gasteiger partial charge in [-0.05, 0) is 0 Å². The summed E-state index contributed by atoms with van der Waals surface area (Å²) >= 11 is 0. The van der Waals surface area contributed by atoms with Gasteiger partial charge in [0, 0.05) is 0 Å². The first-order valence-corrected chi connectivity index (χ1v) is 0.447. The molecule has 26 valence electrons. The SMILES string of the molecule is [C-]#N.[C-]#N.[Co+3]. The Kier molecular flexibility index (Phi) is 404. The molecule has 0 unspecified atom stereocenters. The molecule has 0 aromatic heterocycles. The minimum atomic E-state index is 0. The Morgan fingerprint density at radius 3 is 0.800 bits per heavy atom. The molecule has 0 aliphatic carbocycles. The maximum Gasteiger partial charge on any atom is 3.00 e. The van der Waals surface area contributed by atoms with Crippen LogP contribution >= 0.6 is 0 Å². The van der Waals surface area contributed by atoms with E-state index in [0.717, 1.165) is 0 Å². The predicted octanol–water partition coefficient (Wildman–Crippen LogP) is 0.190. The van der Waals surface area contributed by atoms with E-state index in [2.05, 4.69) is 0 Å². The van der Waals surface area contributed by atoms with Gasteiger partial charge in [0.2, 0.25) is 0 Å². The van der Waals surface area contributed by atoms with E-state index in [1.54, 1.807) is 0 Å². The van der Waals surface area contributed by atoms with Gasteiger partial charge in [-0.1, -0.05) is 0 Å². The Labute approximate surface area is 41.2 Å². The molecular formula is C2CoN2+. The van der Waals surface area contributed by atoms with Crippen LogP contribution in [0.15, 0.2) is 0 Å². The van der Waals surface area contributed by atoms with Crippen LogP contribution in [-0.4, -0.2) is 0 Å². The van der Waals surface area contributed by atoms with Crippen LogP contribution in [0.4, 0.5) is 0 Å². The van der Waals surface area contributed by atoms with Crippen molar-refractivity contribution in [2.24, 2.45) is 0 Å². The summed E-state index contributed by atoms with van der Waals surface area (Å²) in [4.78, 5) is 0. The molecule has 0 atom stereocenters. The summed E-state index contributed by atoms with van der Waals surface area (Å²) in [5.41, 5.74) is 0. The van der Waals surface area contributed by atoms with Crippen LogP contribution < -0.4 is 0 Å². The Morgan fingerprint density at radius 1 is 0.800 bits per heavy atom. The van der Waals surface area contributed by atoms with Gasteiger partial charge >= 0.3 is 16.8 Å². The van der Waals surface area contributed by atoms with Crippen LogP contribution in [0.25, 0.3) is 0 Å². The molecule has 5 heavy (non-hydrogen) atoms. The monoisotopic (exact) mass is 111 g/mol. The van der Waals surface area contributed by atoms with Crippen LogP contribution in [0.3, 0.4) is 0 Å². The van der Waals surface area contributed by atoms with Crippen LogP contribution in [0.2, 0.25) is 0 Å². The van der Waals surface area contributed by atoms with E-state index in [0.29, 0.717) is 0 Å². The zero-order valence-corrected chi connectivity index (χ0v) is 3.27. The van der Waals surface area contributed by atoms with E-state index in [1.165, 1.54) is 0 Å². The summed E-state index contributed by atoms with van der Waals surface area (Å²) in [6.45, 7) is 9.50. The molecular weight excluding hydrogens is 111 g/mol. The van der Waals surface area contributed by atoms with Crippen molar-refractivity contribution in [1.82, 2.24) is 0 Å². The van der Waals surface area contributed by atoms with E-state index < -0.39 is 0 Å². The molecule has 0 aliphatic heterocycles. The Balaban J connectivity index is -0.0000000133. The Hall–Kier alpha value is -0.514. The van der Waals surface area contributed by atoms with Crippen molar-refractivity contribution < 1.29 is 16.8 Å². The van der Waals surface area contributed by atoms with E-state index in [4.69, 9.17) is 23.7 Å². The van der Waals surface area contributed by atoms with Crippen molar-refractivity contribution in [2.45, 2.75) is 0 Å². The normalized spacial score (nSPS) is 0.800. The largest absolute Gasteiger partial charge is 3.00 e. The number of nitrogens with zero attached hydrogens (tertiary/aromatic N) is 2. The summed E-state index contributed by atoms with van der Waals surface area (Å²) in [6.07, 6.45) is 0. The zero-order valence-electron chi connectivity index (χ0n) is 2.23. The van der Waals surface area contributed by atoms with E-state index in [1.807, 2.05) is 0 Å². The predicted molar refractivity (Wildman–Crippen MR) is 9.94 cm³/mol. The standard InChI is InChI=1S/2CN.Co/c2*1-2;/q2*-1;+3. The molecule has 0 aromatic rings. The number of hydrogen-bond acceptors (Lipinski definition) is 2. The average molecular weight is 111 g/mol. The first-order valence-electron chi connectivity index (χ1n) is 0.447. The summed E-state index contributed by atoms with van der Waals surface area (Å²) in [7, 11) is 0. The smallest absolute Gasteiger partial charge is 0.512 e. The van der Waals surface area contributed by atoms with E-state index in [-0.39, 0.29) is 16.8 Å². The molecule has 0 bridgehead atoms. The maximum atomic E-state index is 6.25. The molecule has 0 radical (unpaired) electrons. The van der Waals surface area contributed by atoms with Crippen LogP contribution in [0.1, 0.15) is 0 Å². The third-order valence-corrected chi connectivity index (χ3v) is 0. The second-order valence-electron chi connectivity index (χ2n) is 0. The van der Waals surface area contributed by atoms with Crippen molar-refractivity contribution in [3.8, 4) is 0 Å². The number of hydrogen-bond donors (Lipinski definition) is 0. The third kappa shape index (κ3) is 29.2. The van der Waals surface area contributed by atoms with Crippen molar-refractivity contribution in [3.05, 3.63) is 13.1 Å². The van der Waals surface area contributed by atoms with Crippen molar-refractivity contribution in [3.63, 3.8) is 0 Å². The summed E-state index contributed by atoms with van der Waals surface area (Å²) in [5.74, 6) is 0. The van der Waals surface area contributed by atoms with Gasteiger partial charge in [-0.2, -0.15) is 0 Å². The molecule has 0 aromatic carbocycles. The van der Waals surface area contributed by atoms with Crippen LogP contribution in [-0.2, 0) is 16.8 Å². The molecule has 0 rings (SSSR count). The molecule has 0 aliphatic rings. The molecule has 3 heteroatoms. The molecule has 2 nitrogen and oxygen atoms in total. The van der Waals surface area contributed by atoms with Crippen molar-refractivity contribution in [2.75, 3.05) is 0 Å². The molecule has 0 fully saturated rings. The van der Waals surface area contributed by atoms with Crippen LogP contribution in [0, 0.1) is 23.7 Å². The molecule has 0 saturated carbocycles. The van der Waals surface area contributed by atoms with Gasteiger partial charge in [-0.15, -0.1) is 0 Å². The minimum absolute atomic E-state index is 0. The maximum absolute atomic E-state index is 6.25. The van der Waals surface area contributed by atoms with Crippen LogP contribution in [0.5, 0.6) is 0 Å². The first kappa shape index (κ1) is 24.7. The molecule has 0 heterocycles. The first-order chi connectivity index (χ1) is 2.00. The third-order valence-electron chi connectivity index (χ3n) is 0. The minimum Gasteiger partial charge on any atom is -0.512 e. The van der Waals surface area contributed by atoms with E-state index >= 15 is 0 Å². The van der Waals surface area contributed by atoms with Gasteiger partial charge in [0.15, 0.2) is 0 Å². The van der Waals surface area contributed by atoms with Gasteiger partial charge in [-0.3, -0.25) is 0 Å². The summed E-state index contributed by atoms with van der Waals surface area (Å²) in [5, 5.41) is 12.5. The summed E-state index contributed by atoms with van der Waals surface area (Å²) in [6, 6.07) is 0. The fraction of sp³-hybridized carbons (Fsp3) is 0. The molecule has 0 saturated heterocycles. The van der Waals surface area contributed by atoms with Gasteiger partial charge in [0.05, 0.1) is 0 Å². The quantitative estimate of drug-likeness (QED) is 0.419. The van der Waals surface area contributed by atoms with Crippen molar-refractivity contribution >= 4 is 0 Å². The second-order valence-corrected chi connectivity index (χ2v) is 0. The van der Waals surface area contributed by atoms with Crippen molar-refractivity contribution in [1.29, 1.82) is 10.5 Å².